The predicted octanol–water partition coefficient (Wildman–Crippen LogP) is 5.39. The number of thiophene rings is 1. The molecule has 0 amide bonds. The Bertz CT molecular complexity index is 931. The van der Waals surface area contributed by atoms with E-state index in [1.807, 2.05) is 41.8 Å². The van der Waals surface area contributed by atoms with Crippen LogP contribution in [0.15, 0.2) is 66.0 Å². The maximum atomic E-state index is 11.6. The largest absolute Gasteiger partial charge is 0.493 e. The van der Waals surface area contributed by atoms with Crippen molar-refractivity contribution in [2.24, 2.45) is 0 Å². The molecule has 0 saturated heterocycles. The molecule has 144 valence electrons. The Hall–Kier alpha value is -3.05. The molecule has 0 unspecified atom stereocenters. The van der Waals surface area contributed by atoms with Gasteiger partial charge < -0.3 is 14.6 Å². The minimum atomic E-state index is -0.955. The molecule has 3 rings (SSSR count). The third kappa shape index (κ3) is 5.24. The molecule has 0 aliphatic carbocycles. The SMILES string of the molecule is COc1ccc(/C=C(/C(=O)O)c2cccs2)cc1OCCCc1ccccc1. The molecule has 1 aromatic heterocycles. The first-order valence-electron chi connectivity index (χ1n) is 9.01. The fourth-order valence-corrected chi connectivity index (χ4v) is 3.57. The molecule has 1 heterocycles. The van der Waals surface area contributed by atoms with E-state index in [1.54, 1.807) is 25.3 Å². The Morgan fingerprint density at radius 1 is 1.07 bits per heavy atom. The third-order valence-corrected chi connectivity index (χ3v) is 5.13. The van der Waals surface area contributed by atoms with Gasteiger partial charge in [0.05, 0.1) is 19.3 Å². The number of rotatable bonds is 9. The summed E-state index contributed by atoms with van der Waals surface area (Å²) in [6, 6.07) is 19.3. The molecule has 28 heavy (non-hydrogen) atoms. The van der Waals surface area contributed by atoms with Gasteiger partial charge >= 0.3 is 5.97 Å². The molecule has 2 aromatic carbocycles. The summed E-state index contributed by atoms with van der Waals surface area (Å²) in [5, 5.41) is 11.4. The molecular formula is C23H22O4S. The summed E-state index contributed by atoms with van der Waals surface area (Å²) in [5.74, 6) is 0.286. The van der Waals surface area contributed by atoms with Crippen LogP contribution in [0, 0.1) is 0 Å². The van der Waals surface area contributed by atoms with Crippen LogP contribution in [0.5, 0.6) is 11.5 Å². The Labute approximate surface area is 168 Å². The molecule has 0 aliphatic heterocycles. The zero-order chi connectivity index (χ0) is 19.8. The third-order valence-electron chi connectivity index (χ3n) is 4.23. The summed E-state index contributed by atoms with van der Waals surface area (Å²) < 4.78 is 11.3. The number of carbonyl (C=O) groups is 1. The number of carboxylic acids is 1. The molecular weight excluding hydrogens is 372 g/mol. The van der Waals surface area contributed by atoms with Gasteiger partial charge in [-0.15, -0.1) is 11.3 Å². The quantitative estimate of drug-likeness (QED) is 0.390. The van der Waals surface area contributed by atoms with E-state index in [4.69, 9.17) is 9.47 Å². The van der Waals surface area contributed by atoms with Gasteiger partial charge in [-0.1, -0.05) is 42.5 Å². The van der Waals surface area contributed by atoms with Crippen LogP contribution in [-0.2, 0) is 11.2 Å². The second-order valence-electron chi connectivity index (χ2n) is 6.19. The summed E-state index contributed by atoms with van der Waals surface area (Å²) >= 11 is 1.40. The summed E-state index contributed by atoms with van der Waals surface area (Å²) in [7, 11) is 1.59. The highest BCUT2D eigenvalue weighted by molar-refractivity contribution is 7.11. The van der Waals surface area contributed by atoms with Gasteiger partial charge in [0.1, 0.15) is 0 Å². The molecule has 5 heteroatoms. The first kappa shape index (κ1) is 19.7. The van der Waals surface area contributed by atoms with E-state index < -0.39 is 5.97 Å². The van der Waals surface area contributed by atoms with E-state index in [2.05, 4.69) is 12.1 Å². The Balaban J connectivity index is 1.72. The average Bonchev–Trinajstić information content (AvgIpc) is 3.24. The number of hydrogen-bond acceptors (Lipinski definition) is 4. The number of aryl methyl sites for hydroxylation is 1. The predicted molar refractivity (Wildman–Crippen MR) is 113 cm³/mol. The maximum Gasteiger partial charge on any atom is 0.337 e. The Morgan fingerprint density at radius 2 is 1.89 bits per heavy atom. The van der Waals surface area contributed by atoms with Gasteiger partial charge in [0, 0.05) is 4.88 Å². The number of ether oxygens (including phenoxy) is 2. The molecule has 0 fully saturated rings. The summed E-state index contributed by atoms with van der Waals surface area (Å²) in [6.45, 7) is 0.551. The number of benzene rings is 2. The van der Waals surface area contributed by atoms with Crippen LogP contribution >= 0.6 is 11.3 Å². The van der Waals surface area contributed by atoms with Crippen molar-refractivity contribution in [2.45, 2.75) is 12.8 Å². The van der Waals surface area contributed by atoms with Gasteiger partial charge in [0.2, 0.25) is 0 Å². The van der Waals surface area contributed by atoms with Crippen molar-refractivity contribution < 1.29 is 19.4 Å². The van der Waals surface area contributed by atoms with Crippen LogP contribution < -0.4 is 9.47 Å². The van der Waals surface area contributed by atoms with Crippen molar-refractivity contribution in [2.75, 3.05) is 13.7 Å². The lowest BCUT2D eigenvalue weighted by molar-refractivity contribution is -0.130. The van der Waals surface area contributed by atoms with Gasteiger partial charge in [-0.2, -0.15) is 0 Å². The van der Waals surface area contributed by atoms with Crippen LogP contribution in [0.1, 0.15) is 22.4 Å². The number of aliphatic carboxylic acids is 1. The number of methoxy groups -OCH3 is 1. The van der Waals surface area contributed by atoms with Crippen LogP contribution in [-0.4, -0.2) is 24.8 Å². The zero-order valence-corrected chi connectivity index (χ0v) is 16.4. The van der Waals surface area contributed by atoms with Gasteiger partial charge in [0.25, 0.3) is 0 Å². The minimum Gasteiger partial charge on any atom is -0.493 e. The molecule has 3 aromatic rings. The Morgan fingerprint density at radius 3 is 2.57 bits per heavy atom. The topological polar surface area (TPSA) is 55.8 Å². The van der Waals surface area contributed by atoms with E-state index in [9.17, 15) is 9.90 Å². The number of carboxylic acid groups (broad SMARTS) is 1. The van der Waals surface area contributed by atoms with E-state index in [-0.39, 0.29) is 5.57 Å². The van der Waals surface area contributed by atoms with Crippen molar-refractivity contribution >= 4 is 29.0 Å². The summed E-state index contributed by atoms with van der Waals surface area (Å²) in [6.07, 6.45) is 3.47. The molecule has 4 nitrogen and oxygen atoms in total. The fraction of sp³-hybridized carbons (Fsp3) is 0.174. The second kappa shape index (κ2) is 9.76. The first-order valence-corrected chi connectivity index (χ1v) is 9.89. The highest BCUT2D eigenvalue weighted by Gasteiger charge is 2.13. The average molecular weight is 394 g/mol. The second-order valence-corrected chi connectivity index (χ2v) is 7.14. The molecule has 0 atom stereocenters. The molecule has 0 radical (unpaired) electrons. The summed E-state index contributed by atoms with van der Waals surface area (Å²) in [5.41, 5.74) is 2.29. The lowest BCUT2D eigenvalue weighted by atomic mass is 10.1. The maximum absolute atomic E-state index is 11.6. The smallest absolute Gasteiger partial charge is 0.337 e. The normalized spacial score (nSPS) is 11.2. The standard InChI is InChI=1S/C23H22O4S/c1-26-20-12-11-18(15-19(23(24)25)22-10-6-14-28-22)16-21(20)27-13-5-9-17-7-3-2-4-8-17/h2-4,6-8,10-12,14-16H,5,9,13H2,1H3,(H,24,25)/b19-15+. The van der Waals surface area contributed by atoms with E-state index in [1.165, 1.54) is 16.9 Å². The fourth-order valence-electron chi connectivity index (χ4n) is 2.84. The molecule has 0 aliphatic rings. The lowest BCUT2D eigenvalue weighted by Crippen LogP contribution is -2.02. The van der Waals surface area contributed by atoms with E-state index >= 15 is 0 Å². The molecule has 0 spiro atoms. The van der Waals surface area contributed by atoms with Crippen molar-refractivity contribution in [3.8, 4) is 11.5 Å². The highest BCUT2D eigenvalue weighted by Crippen LogP contribution is 2.31. The van der Waals surface area contributed by atoms with Crippen molar-refractivity contribution in [1.82, 2.24) is 0 Å². The van der Waals surface area contributed by atoms with Crippen molar-refractivity contribution in [3.63, 3.8) is 0 Å². The Kier molecular flexibility index (Phi) is 6.87. The van der Waals surface area contributed by atoms with Gasteiger partial charge in [-0.05, 0) is 53.6 Å². The van der Waals surface area contributed by atoms with Crippen LogP contribution in [0.3, 0.4) is 0 Å². The highest BCUT2D eigenvalue weighted by atomic mass is 32.1. The van der Waals surface area contributed by atoms with Gasteiger partial charge in [-0.3, -0.25) is 0 Å². The molecule has 0 bridgehead atoms. The monoisotopic (exact) mass is 394 g/mol. The van der Waals surface area contributed by atoms with Crippen LogP contribution in [0.4, 0.5) is 0 Å². The molecule has 1 N–H and O–H groups in total. The summed E-state index contributed by atoms with van der Waals surface area (Å²) in [4.78, 5) is 12.4. The van der Waals surface area contributed by atoms with Gasteiger partial charge in [-0.25, -0.2) is 4.79 Å². The molecule has 0 saturated carbocycles. The van der Waals surface area contributed by atoms with Crippen LogP contribution in [0.25, 0.3) is 11.6 Å². The van der Waals surface area contributed by atoms with Crippen LogP contribution in [0.2, 0.25) is 0 Å². The van der Waals surface area contributed by atoms with Crippen molar-refractivity contribution in [3.05, 3.63) is 82.0 Å². The van der Waals surface area contributed by atoms with E-state index in [0.29, 0.717) is 23.0 Å². The first-order chi connectivity index (χ1) is 13.7. The van der Waals surface area contributed by atoms with Gasteiger partial charge in [0.15, 0.2) is 11.5 Å². The van der Waals surface area contributed by atoms with E-state index in [0.717, 1.165) is 18.4 Å². The zero-order valence-electron chi connectivity index (χ0n) is 15.6. The minimum absolute atomic E-state index is 0.259. The van der Waals surface area contributed by atoms with Crippen molar-refractivity contribution in [1.29, 1.82) is 0 Å². The number of hydrogen-bond donors (Lipinski definition) is 1. The lowest BCUT2D eigenvalue weighted by Gasteiger charge is -2.12.